The van der Waals surface area contributed by atoms with Gasteiger partial charge in [-0.25, -0.2) is 14.6 Å². The van der Waals surface area contributed by atoms with Gasteiger partial charge in [0.05, 0.1) is 25.1 Å². The minimum atomic E-state index is -0.641. The summed E-state index contributed by atoms with van der Waals surface area (Å²) in [6, 6.07) is 1.58. The Kier molecular flexibility index (Phi) is 7.21. The minimum Gasteiger partial charge on any atom is -0.494 e. The number of anilines is 1. The van der Waals surface area contributed by atoms with Gasteiger partial charge in [0.25, 0.3) is 0 Å². The molecule has 24 heavy (non-hydrogen) atoms. The molecule has 1 aromatic heterocycles. The maximum Gasteiger partial charge on any atom is 0.412 e. The van der Waals surface area contributed by atoms with E-state index in [1.165, 1.54) is 19.3 Å². The molecule has 1 heterocycles. The van der Waals surface area contributed by atoms with Crippen LogP contribution >= 0.6 is 15.9 Å². The molecule has 0 saturated heterocycles. The third kappa shape index (κ3) is 6.57. The first-order valence-electron chi connectivity index (χ1n) is 7.25. The number of nitrogens with zero attached hydrogens (tertiary/aromatic N) is 1. The monoisotopic (exact) mass is 400 g/mol. The number of amides is 1. The van der Waals surface area contributed by atoms with Crippen LogP contribution in [0.5, 0.6) is 5.75 Å². The lowest BCUT2D eigenvalue weighted by molar-refractivity contribution is -0.137. The predicted octanol–water partition coefficient (Wildman–Crippen LogP) is 3.78. The molecule has 0 aliphatic carbocycles. The summed E-state index contributed by atoms with van der Waals surface area (Å²) in [5.74, 6) is -0.0798. The fourth-order valence-corrected chi connectivity index (χ4v) is 2.07. The second-order valence-electron chi connectivity index (χ2n) is 5.63. The molecular weight excluding hydrogens is 380 g/mol. The van der Waals surface area contributed by atoms with Gasteiger partial charge >= 0.3 is 12.1 Å². The molecule has 1 N–H and O–H groups in total. The highest BCUT2D eigenvalue weighted by atomic mass is 79.9. The van der Waals surface area contributed by atoms with E-state index in [1.807, 2.05) is 0 Å². The summed E-state index contributed by atoms with van der Waals surface area (Å²) in [5, 5.41) is 2.60. The van der Waals surface area contributed by atoms with Crippen LogP contribution in [0.4, 0.5) is 10.5 Å². The van der Waals surface area contributed by atoms with E-state index in [2.05, 4.69) is 26.2 Å². The number of esters is 1. The van der Waals surface area contributed by atoms with E-state index >= 15 is 0 Å². The van der Waals surface area contributed by atoms with E-state index < -0.39 is 17.7 Å². The summed E-state index contributed by atoms with van der Waals surface area (Å²) in [6.07, 6.45) is 2.03. The van der Waals surface area contributed by atoms with Crippen LogP contribution in [0, 0.1) is 0 Å². The van der Waals surface area contributed by atoms with Crippen molar-refractivity contribution in [3.05, 3.63) is 22.4 Å². The summed E-state index contributed by atoms with van der Waals surface area (Å²) in [6.45, 7) is 7.26. The molecule has 1 rings (SSSR count). The molecule has 0 aliphatic rings. The van der Waals surface area contributed by atoms with Crippen molar-refractivity contribution in [3.8, 4) is 5.75 Å². The van der Waals surface area contributed by atoms with Crippen LogP contribution in [0.2, 0.25) is 0 Å². The predicted molar refractivity (Wildman–Crippen MR) is 94.0 cm³/mol. The molecule has 0 unspecified atom stereocenters. The van der Waals surface area contributed by atoms with E-state index in [9.17, 15) is 9.59 Å². The molecule has 0 aromatic carbocycles. The van der Waals surface area contributed by atoms with Gasteiger partial charge in [-0.05, 0) is 49.7 Å². The Balaban J connectivity index is 3.10. The molecule has 8 heteroatoms. The summed E-state index contributed by atoms with van der Waals surface area (Å²) in [7, 11) is 1.48. The van der Waals surface area contributed by atoms with Gasteiger partial charge < -0.3 is 14.2 Å². The van der Waals surface area contributed by atoms with E-state index in [0.29, 0.717) is 21.7 Å². The molecule has 132 valence electrons. The van der Waals surface area contributed by atoms with Gasteiger partial charge in [0.15, 0.2) is 5.75 Å². The normalized spacial score (nSPS) is 11.2. The fourth-order valence-electron chi connectivity index (χ4n) is 1.61. The number of rotatable bonds is 5. The van der Waals surface area contributed by atoms with Crippen LogP contribution in [0.25, 0.3) is 6.08 Å². The fraction of sp³-hybridized carbons (Fsp3) is 0.438. The molecule has 0 radical (unpaired) electrons. The molecule has 0 saturated carbocycles. The molecule has 0 spiro atoms. The summed E-state index contributed by atoms with van der Waals surface area (Å²) >= 11 is 3.26. The van der Waals surface area contributed by atoms with Crippen LogP contribution in [-0.4, -0.2) is 36.4 Å². The molecule has 0 fully saturated rings. The molecule has 0 aliphatic heterocycles. The van der Waals surface area contributed by atoms with Crippen molar-refractivity contribution < 1.29 is 23.8 Å². The quantitative estimate of drug-likeness (QED) is 0.459. The zero-order valence-corrected chi connectivity index (χ0v) is 15.9. The average molecular weight is 401 g/mol. The maximum atomic E-state index is 12.0. The van der Waals surface area contributed by atoms with Crippen molar-refractivity contribution in [1.29, 1.82) is 0 Å². The van der Waals surface area contributed by atoms with Crippen LogP contribution in [0.3, 0.4) is 0 Å². The van der Waals surface area contributed by atoms with Crippen LogP contribution in [0.1, 0.15) is 33.4 Å². The number of hydrogen-bond acceptors (Lipinski definition) is 6. The number of hydrogen-bond donors (Lipinski definition) is 1. The topological polar surface area (TPSA) is 86.8 Å². The Hall–Kier alpha value is -2.09. The van der Waals surface area contributed by atoms with E-state index in [4.69, 9.17) is 14.2 Å². The highest BCUT2D eigenvalue weighted by Crippen LogP contribution is 2.29. The number of pyridine rings is 1. The Morgan fingerprint density at radius 3 is 2.58 bits per heavy atom. The standard InChI is InChI=1S/C16H21BrN2O5/c1-6-23-13(20)8-7-10-11(9-12(22-5)14(17)18-10)19-15(21)24-16(2,3)4/h7-9H,6H2,1-5H3,(H,19,21)/b8-7+. The second-order valence-corrected chi connectivity index (χ2v) is 6.38. The van der Waals surface area contributed by atoms with Crippen molar-refractivity contribution in [3.63, 3.8) is 0 Å². The number of halogens is 1. The smallest absolute Gasteiger partial charge is 0.412 e. The lowest BCUT2D eigenvalue weighted by Gasteiger charge is -2.20. The molecular formula is C16H21BrN2O5. The molecule has 7 nitrogen and oxygen atoms in total. The van der Waals surface area contributed by atoms with Crippen molar-refractivity contribution in [2.75, 3.05) is 19.0 Å². The average Bonchev–Trinajstić information content (AvgIpc) is 2.45. The maximum absolute atomic E-state index is 12.0. The van der Waals surface area contributed by atoms with Gasteiger partial charge in [0, 0.05) is 12.1 Å². The van der Waals surface area contributed by atoms with Crippen LogP contribution in [0.15, 0.2) is 16.7 Å². The lowest BCUT2D eigenvalue weighted by Crippen LogP contribution is -2.27. The summed E-state index contributed by atoms with van der Waals surface area (Å²) < 4.78 is 15.6. The van der Waals surface area contributed by atoms with Gasteiger partial charge in [0.1, 0.15) is 10.2 Å². The molecule has 0 atom stereocenters. The van der Waals surface area contributed by atoms with E-state index in [0.717, 1.165) is 0 Å². The minimum absolute atomic E-state index is 0.270. The summed E-state index contributed by atoms with van der Waals surface area (Å²) in [4.78, 5) is 27.7. The zero-order valence-electron chi connectivity index (χ0n) is 14.3. The Labute approximate surface area is 149 Å². The highest BCUT2D eigenvalue weighted by molar-refractivity contribution is 9.10. The molecule has 1 amide bonds. The zero-order chi connectivity index (χ0) is 18.3. The largest absolute Gasteiger partial charge is 0.494 e. The number of nitrogens with one attached hydrogen (secondary N) is 1. The van der Waals surface area contributed by atoms with Crippen molar-refractivity contribution in [2.24, 2.45) is 0 Å². The molecule has 1 aromatic rings. The Bertz CT molecular complexity index is 638. The first-order valence-corrected chi connectivity index (χ1v) is 8.05. The number of carbonyl (C=O) groups is 2. The highest BCUT2D eigenvalue weighted by Gasteiger charge is 2.18. The molecule has 0 bridgehead atoms. The van der Waals surface area contributed by atoms with Crippen molar-refractivity contribution in [1.82, 2.24) is 4.98 Å². The first kappa shape index (κ1) is 20.0. The van der Waals surface area contributed by atoms with Crippen LogP contribution in [-0.2, 0) is 14.3 Å². The second kappa shape index (κ2) is 8.68. The third-order valence-electron chi connectivity index (χ3n) is 2.49. The van der Waals surface area contributed by atoms with Crippen molar-refractivity contribution >= 4 is 39.8 Å². The number of carbonyl (C=O) groups excluding carboxylic acids is 2. The summed E-state index contributed by atoms with van der Waals surface area (Å²) in [5.41, 5.74) is 0.0455. The third-order valence-corrected chi connectivity index (χ3v) is 3.06. The Morgan fingerprint density at radius 2 is 2.04 bits per heavy atom. The number of ether oxygens (including phenoxy) is 3. The Morgan fingerprint density at radius 1 is 1.38 bits per heavy atom. The number of aromatic nitrogens is 1. The number of methoxy groups -OCH3 is 1. The first-order chi connectivity index (χ1) is 11.2. The van der Waals surface area contributed by atoms with E-state index in [1.54, 1.807) is 33.8 Å². The van der Waals surface area contributed by atoms with Gasteiger partial charge in [0.2, 0.25) is 0 Å². The van der Waals surface area contributed by atoms with Gasteiger partial charge in [-0.2, -0.15) is 0 Å². The van der Waals surface area contributed by atoms with E-state index in [-0.39, 0.29) is 6.61 Å². The lowest BCUT2D eigenvalue weighted by atomic mass is 10.2. The van der Waals surface area contributed by atoms with Gasteiger partial charge in [-0.1, -0.05) is 0 Å². The SMILES string of the molecule is CCOC(=O)/C=C/c1nc(Br)c(OC)cc1NC(=O)OC(C)(C)C. The van der Waals surface area contributed by atoms with Gasteiger partial charge in [-0.3, -0.25) is 5.32 Å². The van der Waals surface area contributed by atoms with Crippen molar-refractivity contribution in [2.45, 2.75) is 33.3 Å². The van der Waals surface area contributed by atoms with Gasteiger partial charge in [-0.15, -0.1) is 0 Å². The van der Waals surface area contributed by atoms with Crippen LogP contribution < -0.4 is 10.1 Å².